The molecule has 0 spiro atoms. The molecule has 0 aliphatic carbocycles. The number of anilines is 1. The van der Waals surface area contributed by atoms with Gasteiger partial charge in [-0.2, -0.15) is 9.61 Å². The molecule has 2 aromatic carbocycles. The summed E-state index contributed by atoms with van der Waals surface area (Å²) < 4.78 is 1.86. The summed E-state index contributed by atoms with van der Waals surface area (Å²) in [6, 6.07) is 24.4. The molecule has 39 heavy (non-hydrogen) atoms. The van der Waals surface area contributed by atoms with Gasteiger partial charge in [0.2, 0.25) is 0 Å². The number of benzene rings is 2. The lowest BCUT2D eigenvalue weighted by Gasteiger charge is -2.33. The summed E-state index contributed by atoms with van der Waals surface area (Å²) in [6.07, 6.45) is 8.17. The first-order valence-electron chi connectivity index (χ1n) is 13.5. The highest BCUT2D eigenvalue weighted by Crippen LogP contribution is 2.29. The monoisotopic (exact) mass is 514 g/mol. The van der Waals surface area contributed by atoms with E-state index < -0.39 is 0 Å². The molecule has 7 nitrogen and oxygen atoms in total. The summed E-state index contributed by atoms with van der Waals surface area (Å²) in [5.74, 6) is 1.15. The Labute approximate surface area is 229 Å². The molecule has 0 saturated carbocycles. The average Bonchev–Trinajstić information content (AvgIpc) is 3.37. The third-order valence-electron chi connectivity index (χ3n) is 7.48. The second-order valence-corrected chi connectivity index (χ2v) is 10.3. The van der Waals surface area contributed by atoms with Gasteiger partial charge in [0.15, 0.2) is 5.65 Å². The molecule has 194 valence electrons. The fourth-order valence-electron chi connectivity index (χ4n) is 5.39. The van der Waals surface area contributed by atoms with Gasteiger partial charge >= 0.3 is 0 Å². The van der Waals surface area contributed by atoms with Crippen LogP contribution >= 0.6 is 0 Å². The highest BCUT2D eigenvalue weighted by Gasteiger charge is 2.28. The Balaban J connectivity index is 1.25. The Kier molecular flexibility index (Phi) is 7.08. The zero-order chi connectivity index (χ0) is 26.6. The van der Waals surface area contributed by atoms with Crippen molar-refractivity contribution in [1.29, 1.82) is 0 Å². The highest BCUT2D eigenvalue weighted by molar-refractivity contribution is 6.36. The molecule has 3 aromatic heterocycles. The fraction of sp³-hybridized carbons (Fsp3) is 0.226. The van der Waals surface area contributed by atoms with Crippen LogP contribution in [0.15, 0.2) is 91.4 Å². The first kappa shape index (κ1) is 24.9. The Morgan fingerprint density at radius 3 is 2.67 bits per heavy atom. The molecule has 1 fully saturated rings. The van der Waals surface area contributed by atoms with Crippen LogP contribution in [0.4, 0.5) is 5.82 Å². The van der Waals surface area contributed by atoms with Crippen LogP contribution in [0.3, 0.4) is 0 Å². The zero-order valence-electron chi connectivity index (χ0n) is 22.1. The van der Waals surface area contributed by atoms with Gasteiger partial charge < -0.3 is 10.2 Å². The number of aromatic nitrogens is 4. The molecule has 1 unspecified atom stereocenters. The minimum absolute atomic E-state index is 0.0998. The van der Waals surface area contributed by atoms with Gasteiger partial charge in [0.1, 0.15) is 13.7 Å². The molecule has 1 aliphatic rings. The van der Waals surface area contributed by atoms with E-state index in [1.165, 1.54) is 5.56 Å². The molecule has 1 aliphatic heterocycles. The van der Waals surface area contributed by atoms with E-state index in [2.05, 4.69) is 39.7 Å². The van der Waals surface area contributed by atoms with Gasteiger partial charge in [-0.05, 0) is 53.5 Å². The van der Waals surface area contributed by atoms with Crippen LogP contribution in [0.5, 0.6) is 0 Å². The van der Waals surface area contributed by atoms with Crippen molar-refractivity contribution in [3.8, 4) is 0 Å². The Bertz CT molecular complexity index is 1590. The molecule has 1 atom stereocenters. The van der Waals surface area contributed by atoms with Gasteiger partial charge in [-0.25, -0.2) is 4.98 Å². The van der Waals surface area contributed by atoms with Crippen LogP contribution < -0.4 is 10.8 Å². The maximum Gasteiger partial charge on any atom is 0.254 e. The third kappa shape index (κ3) is 5.41. The van der Waals surface area contributed by atoms with Crippen LogP contribution in [-0.2, 0) is 13.0 Å². The largest absolute Gasteiger partial charge is 0.366 e. The molecule has 1 amide bonds. The van der Waals surface area contributed by atoms with Gasteiger partial charge in [-0.3, -0.25) is 9.78 Å². The van der Waals surface area contributed by atoms with E-state index in [-0.39, 0.29) is 11.8 Å². The van der Waals surface area contributed by atoms with E-state index in [1.54, 1.807) is 6.20 Å². The standard InChI is InChI=1S/C31H31BN6O/c32-27-20-35-38-29(34-19-23-10-6-14-33-18-23)17-28(36-30(27)38)25-12-7-15-37(21-25)31(39)26-13-5-4-11-24(26)16-22-8-2-1-3-9-22/h1-6,8-11,13-14,17-18,20,25,34H,7,12,15-16,19,21,32H2. The molecule has 6 rings (SSSR count). The van der Waals surface area contributed by atoms with Crippen molar-refractivity contribution in [3.63, 3.8) is 0 Å². The maximum atomic E-state index is 13.8. The number of nitrogens with one attached hydrogen (secondary N) is 1. The van der Waals surface area contributed by atoms with Crippen molar-refractivity contribution in [2.75, 3.05) is 18.4 Å². The van der Waals surface area contributed by atoms with Crippen molar-refractivity contribution in [2.45, 2.75) is 31.7 Å². The van der Waals surface area contributed by atoms with Crippen LogP contribution in [0.1, 0.15) is 51.5 Å². The van der Waals surface area contributed by atoms with E-state index >= 15 is 0 Å². The molecule has 8 heteroatoms. The lowest BCUT2D eigenvalue weighted by Crippen LogP contribution is -2.39. The molecular formula is C31H31BN6O. The van der Waals surface area contributed by atoms with E-state index in [4.69, 9.17) is 4.98 Å². The Morgan fingerprint density at radius 1 is 1.00 bits per heavy atom. The zero-order valence-corrected chi connectivity index (χ0v) is 22.1. The number of carbonyl (C=O) groups excluding carboxylic acids is 1. The first-order chi connectivity index (χ1) is 19.2. The Morgan fingerprint density at radius 2 is 1.82 bits per heavy atom. The number of amides is 1. The molecule has 0 bridgehead atoms. The summed E-state index contributed by atoms with van der Waals surface area (Å²) in [6.45, 7) is 2.05. The average molecular weight is 514 g/mol. The van der Waals surface area contributed by atoms with Gasteiger partial charge in [-0.15, -0.1) is 0 Å². The summed E-state index contributed by atoms with van der Waals surface area (Å²) in [4.78, 5) is 25.1. The lowest BCUT2D eigenvalue weighted by atomic mass is 9.92. The third-order valence-corrected chi connectivity index (χ3v) is 7.48. The number of hydrogen-bond acceptors (Lipinski definition) is 5. The topological polar surface area (TPSA) is 75.4 Å². The number of hydrogen-bond donors (Lipinski definition) is 1. The summed E-state index contributed by atoms with van der Waals surface area (Å²) in [7, 11) is 2.03. The van der Waals surface area contributed by atoms with Crippen LogP contribution in [0, 0.1) is 0 Å². The van der Waals surface area contributed by atoms with Crippen molar-refractivity contribution in [1.82, 2.24) is 24.5 Å². The van der Waals surface area contributed by atoms with Crippen LogP contribution in [0.25, 0.3) is 5.65 Å². The molecule has 1 N–H and O–H groups in total. The summed E-state index contributed by atoms with van der Waals surface area (Å²) in [5, 5.41) is 8.08. The highest BCUT2D eigenvalue weighted by atomic mass is 16.2. The predicted molar refractivity (Wildman–Crippen MR) is 156 cm³/mol. The van der Waals surface area contributed by atoms with Gasteiger partial charge in [0.05, 0.1) is 5.69 Å². The number of fused-ring (bicyclic) bond motifs is 1. The smallest absolute Gasteiger partial charge is 0.254 e. The van der Waals surface area contributed by atoms with Gasteiger partial charge in [0.25, 0.3) is 5.91 Å². The van der Waals surface area contributed by atoms with Crippen LogP contribution in [0.2, 0.25) is 0 Å². The minimum Gasteiger partial charge on any atom is -0.366 e. The molecule has 5 aromatic rings. The van der Waals surface area contributed by atoms with E-state index in [0.717, 1.165) is 65.1 Å². The molecule has 0 radical (unpaired) electrons. The fourth-order valence-corrected chi connectivity index (χ4v) is 5.39. The van der Waals surface area contributed by atoms with E-state index in [1.807, 2.05) is 78.2 Å². The van der Waals surface area contributed by atoms with Crippen molar-refractivity contribution < 1.29 is 4.79 Å². The number of likely N-dealkylation sites (tertiary alicyclic amines) is 1. The van der Waals surface area contributed by atoms with Gasteiger partial charge in [0, 0.05) is 55.8 Å². The summed E-state index contributed by atoms with van der Waals surface area (Å²) >= 11 is 0. The first-order valence-corrected chi connectivity index (χ1v) is 13.5. The predicted octanol–water partition coefficient (Wildman–Crippen LogP) is 3.61. The van der Waals surface area contributed by atoms with E-state index in [9.17, 15) is 4.79 Å². The lowest BCUT2D eigenvalue weighted by molar-refractivity contribution is 0.0705. The quantitative estimate of drug-likeness (QED) is 0.336. The van der Waals surface area contributed by atoms with Crippen molar-refractivity contribution in [2.24, 2.45) is 0 Å². The number of nitrogens with zero attached hydrogens (tertiary/aromatic N) is 5. The summed E-state index contributed by atoms with van der Waals surface area (Å²) in [5.41, 5.74) is 7.02. The maximum absolute atomic E-state index is 13.8. The van der Waals surface area contributed by atoms with Gasteiger partial charge in [-0.1, -0.05) is 54.6 Å². The number of pyridine rings is 1. The number of rotatable bonds is 7. The molecule has 4 heterocycles. The normalized spacial score (nSPS) is 15.4. The van der Waals surface area contributed by atoms with E-state index in [0.29, 0.717) is 13.1 Å². The number of carbonyl (C=O) groups is 1. The van der Waals surface area contributed by atoms with Crippen molar-refractivity contribution in [3.05, 3.63) is 119 Å². The van der Waals surface area contributed by atoms with Crippen LogP contribution in [-0.4, -0.2) is 51.3 Å². The minimum atomic E-state index is 0.0998. The molecule has 1 saturated heterocycles. The molecular weight excluding hydrogens is 483 g/mol. The second kappa shape index (κ2) is 11.1. The SMILES string of the molecule is Bc1cnn2c(NCc3cccnc3)cc(C3CCCN(C(=O)c4ccccc4Cc4ccccc4)C3)nc12. The number of piperidine rings is 1. The second-order valence-electron chi connectivity index (χ2n) is 10.3. The van der Waals surface area contributed by atoms with Crippen molar-refractivity contribution >= 4 is 30.7 Å². The Hall–Kier alpha value is -4.46.